The second kappa shape index (κ2) is 3.32. The van der Waals surface area contributed by atoms with Crippen LogP contribution in [0.5, 0.6) is 0 Å². The number of nitrogens with zero attached hydrogens (tertiary/aromatic N) is 1. The summed E-state index contributed by atoms with van der Waals surface area (Å²) in [7, 11) is 0. The van der Waals surface area contributed by atoms with Crippen molar-refractivity contribution >= 4 is 44.5 Å². The molecule has 15 heavy (non-hydrogen) atoms. The third-order valence-corrected chi connectivity index (χ3v) is 3.47. The van der Waals surface area contributed by atoms with Gasteiger partial charge < -0.3 is 0 Å². The first-order valence-corrected chi connectivity index (χ1v) is 5.87. The molecule has 1 aliphatic heterocycles. The fraction of sp³-hybridized carbons (Fsp3) is 0.0833. The van der Waals surface area contributed by atoms with Crippen molar-refractivity contribution in [2.24, 2.45) is 4.99 Å². The minimum atomic E-state index is 0.778. The number of fused-ring (bicyclic) bond motifs is 3. The topological polar surface area (TPSA) is 12.4 Å². The van der Waals surface area contributed by atoms with Gasteiger partial charge in [-0.15, -0.1) is 0 Å². The Morgan fingerprint density at radius 1 is 1.33 bits per heavy atom. The van der Waals surface area contributed by atoms with E-state index in [1.54, 1.807) is 0 Å². The van der Waals surface area contributed by atoms with Crippen LogP contribution in [0.3, 0.4) is 0 Å². The molecule has 0 saturated carbocycles. The molecule has 0 N–H and O–H groups in total. The maximum absolute atomic E-state index is 6.19. The summed E-state index contributed by atoms with van der Waals surface area (Å²) in [6.45, 7) is 0. The van der Waals surface area contributed by atoms with E-state index in [1.165, 1.54) is 0 Å². The lowest BCUT2D eigenvalue weighted by Crippen LogP contribution is -1.99. The van der Waals surface area contributed by atoms with E-state index in [4.69, 9.17) is 11.6 Å². The van der Waals surface area contributed by atoms with Gasteiger partial charge in [0.15, 0.2) is 0 Å². The zero-order valence-corrected chi connectivity index (χ0v) is 10.1. The maximum atomic E-state index is 6.19. The summed E-state index contributed by atoms with van der Waals surface area (Å²) in [4.78, 5) is 4.57. The van der Waals surface area contributed by atoms with Gasteiger partial charge in [0, 0.05) is 22.0 Å². The molecule has 1 heterocycles. The van der Waals surface area contributed by atoms with E-state index in [0.717, 1.165) is 38.5 Å². The Bertz CT molecular complexity index is 541. The lowest BCUT2D eigenvalue weighted by atomic mass is 9.97. The summed E-state index contributed by atoms with van der Waals surface area (Å²) >= 11 is 9.68. The molecular formula is C12H7BrClN. The molecule has 0 radical (unpaired) electrons. The van der Waals surface area contributed by atoms with Crippen molar-refractivity contribution in [1.82, 2.24) is 0 Å². The molecule has 1 aromatic rings. The molecule has 0 amide bonds. The molecule has 1 aromatic carbocycles. The van der Waals surface area contributed by atoms with Crippen LogP contribution >= 0.6 is 27.5 Å². The van der Waals surface area contributed by atoms with E-state index in [-0.39, 0.29) is 0 Å². The maximum Gasteiger partial charge on any atom is 0.0727 e. The highest BCUT2D eigenvalue weighted by Gasteiger charge is 2.24. The molecule has 1 aliphatic carbocycles. The van der Waals surface area contributed by atoms with Crippen molar-refractivity contribution in [3.05, 3.63) is 45.4 Å². The summed E-state index contributed by atoms with van der Waals surface area (Å²) in [6.07, 6.45) is 5.07. The standard InChI is InChI=1S/C12H7BrClN/c13-7-4-5-10-8(6-7)12-9(14)2-1-3-11(12)15-10/h1-4,6H,5H2. The number of allylic oxidation sites excluding steroid dienone is 4. The monoisotopic (exact) mass is 279 g/mol. The van der Waals surface area contributed by atoms with Crippen molar-refractivity contribution in [1.29, 1.82) is 0 Å². The molecule has 3 heteroatoms. The van der Waals surface area contributed by atoms with Crippen LogP contribution in [0.2, 0.25) is 5.02 Å². The molecule has 0 fully saturated rings. The predicted octanol–water partition coefficient (Wildman–Crippen LogP) is 4.49. The largest absolute Gasteiger partial charge is 0.252 e. The van der Waals surface area contributed by atoms with E-state index < -0.39 is 0 Å². The summed E-state index contributed by atoms with van der Waals surface area (Å²) in [5.74, 6) is 0. The fourth-order valence-corrected chi connectivity index (χ4v) is 2.59. The highest BCUT2D eigenvalue weighted by Crippen LogP contribution is 2.42. The van der Waals surface area contributed by atoms with Crippen molar-refractivity contribution < 1.29 is 0 Å². The molecule has 74 valence electrons. The second-order valence-corrected chi connectivity index (χ2v) is 4.87. The Balaban J connectivity index is 2.26. The van der Waals surface area contributed by atoms with Crippen LogP contribution in [-0.2, 0) is 0 Å². The van der Waals surface area contributed by atoms with Crippen LogP contribution in [0, 0.1) is 0 Å². The third kappa shape index (κ3) is 1.40. The van der Waals surface area contributed by atoms with Crippen LogP contribution in [0.25, 0.3) is 5.57 Å². The molecule has 0 spiro atoms. The Labute approximate surface area is 101 Å². The van der Waals surface area contributed by atoms with Crippen molar-refractivity contribution in [2.45, 2.75) is 6.42 Å². The molecule has 0 unspecified atom stereocenters. The van der Waals surface area contributed by atoms with Gasteiger partial charge in [-0.2, -0.15) is 0 Å². The zero-order chi connectivity index (χ0) is 10.4. The minimum Gasteiger partial charge on any atom is -0.252 e. The SMILES string of the molecule is Clc1cccc2c1C1=CC(Br)=CCC1=N2. The molecule has 0 atom stereocenters. The number of halogens is 2. The van der Waals surface area contributed by atoms with E-state index in [2.05, 4.69) is 33.1 Å². The third-order valence-electron chi connectivity index (χ3n) is 2.60. The van der Waals surface area contributed by atoms with Gasteiger partial charge in [0.2, 0.25) is 0 Å². The first-order valence-electron chi connectivity index (χ1n) is 4.70. The molecule has 2 aliphatic rings. The zero-order valence-electron chi connectivity index (χ0n) is 7.80. The number of rotatable bonds is 0. The van der Waals surface area contributed by atoms with Gasteiger partial charge >= 0.3 is 0 Å². The van der Waals surface area contributed by atoms with Gasteiger partial charge in [0.05, 0.1) is 16.4 Å². The Hall–Kier alpha value is -0.860. The minimum absolute atomic E-state index is 0.778. The average molecular weight is 281 g/mol. The van der Waals surface area contributed by atoms with Crippen LogP contribution in [-0.4, -0.2) is 5.71 Å². The van der Waals surface area contributed by atoms with Gasteiger partial charge in [-0.1, -0.05) is 39.7 Å². The molecule has 1 nitrogen and oxygen atoms in total. The van der Waals surface area contributed by atoms with Gasteiger partial charge in [0.25, 0.3) is 0 Å². The van der Waals surface area contributed by atoms with Crippen molar-refractivity contribution in [3.63, 3.8) is 0 Å². The Morgan fingerprint density at radius 3 is 3.07 bits per heavy atom. The average Bonchev–Trinajstić information content (AvgIpc) is 2.57. The van der Waals surface area contributed by atoms with Crippen LogP contribution in [0.15, 0.2) is 39.8 Å². The lowest BCUT2D eigenvalue weighted by Gasteiger charge is -2.09. The second-order valence-electron chi connectivity index (χ2n) is 3.54. The summed E-state index contributed by atoms with van der Waals surface area (Å²) in [6, 6.07) is 5.85. The summed E-state index contributed by atoms with van der Waals surface area (Å²) in [5, 5.41) is 0.778. The van der Waals surface area contributed by atoms with Crippen molar-refractivity contribution in [3.8, 4) is 0 Å². The van der Waals surface area contributed by atoms with Crippen LogP contribution in [0.4, 0.5) is 5.69 Å². The van der Waals surface area contributed by atoms with Gasteiger partial charge in [-0.25, -0.2) is 0 Å². The highest BCUT2D eigenvalue weighted by atomic mass is 79.9. The van der Waals surface area contributed by atoms with E-state index in [1.807, 2.05) is 18.2 Å². The summed E-state index contributed by atoms with van der Waals surface area (Å²) < 4.78 is 1.10. The quantitative estimate of drug-likeness (QED) is 0.664. The van der Waals surface area contributed by atoms with Crippen LogP contribution in [0.1, 0.15) is 12.0 Å². The normalized spacial score (nSPS) is 17.6. The van der Waals surface area contributed by atoms with Gasteiger partial charge in [-0.3, -0.25) is 4.99 Å². The van der Waals surface area contributed by atoms with E-state index in [0.29, 0.717) is 0 Å². The molecule has 0 saturated heterocycles. The van der Waals surface area contributed by atoms with Gasteiger partial charge in [-0.05, 0) is 18.2 Å². The summed E-state index contributed by atoms with van der Waals surface area (Å²) in [5.41, 5.74) is 4.32. The number of benzene rings is 1. The number of hydrogen-bond acceptors (Lipinski definition) is 1. The molecule has 3 rings (SSSR count). The van der Waals surface area contributed by atoms with Crippen LogP contribution < -0.4 is 0 Å². The smallest absolute Gasteiger partial charge is 0.0727 e. The molecule has 0 bridgehead atoms. The predicted molar refractivity (Wildman–Crippen MR) is 68.2 cm³/mol. The lowest BCUT2D eigenvalue weighted by molar-refractivity contribution is 1.44. The Morgan fingerprint density at radius 2 is 2.20 bits per heavy atom. The van der Waals surface area contributed by atoms with Crippen molar-refractivity contribution in [2.75, 3.05) is 0 Å². The van der Waals surface area contributed by atoms with Gasteiger partial charge in [0.1, 0.15) is 0 Å². The fourth-order valence-electron chi connectivity index (χ4n) is 1.92. The highest BCUT2D eigenvalue weighted by molar-refractivity contribution is 9.11. The number of hydrogen-bond donors (Lipinski definition) is 0. The Kier molecular flexibility index (Phi) is 2.08. The number of aliphatic imine (C=N–C) groups is 1. The molecular weight excluding hydrogens is 273 g/mol. The molecule has 0 aromatic heterocycles. The first kappa shape index (κ1) is 9.37. The van der Waals surface area contributed by atoms with E-state index in [9.17, 15) is 0 Å². The van der Waals surface area contributed by atoms with E-state index >= 15 is 0 Å². The first-order chi connectivity index (χ1) is 7.25.